The Hall–Kier alpha value is -1.57. The molecule has 2 heteroatoms. The van der Waals surface area contributed by atoms with Gasteiger partial charge in [0.1, 0.15) is 0 Å². The number of rotatable bonds is 1. The van der Waals surface area contributed by atoms with Crippen LogP contribution in [-0.2, 0) is 6.54 Å². The highest BCUT2D eigenvalue weighted by atomic mass is 16.1. The minimum absolute atomic E-state index is 0.113. The summed E-state index contributed by atoms with van der Waals surface area (Å²) in [6.45, 7) is 14.8. The number of pyridine rings is 1. The Balaban J connectivity index is 0.000000741. The van der Waals surface area contributed by atoms with Crippen LogP contribution in [0.2, 0.25) is 0 Å². The molecule has 0 N–H and O–H groups in total. The van der Waals surface area contributed by atoms with E-state index < -0.39 is 0 Å². The van der Waals surface area contributed by atoms with Gasteiger partial charge in [-0.25, -0.2) is 0 Å². The van der Waals surface area contributed by atoms with E-state index in [-0.39, 0.29) is 5.56 Å². The van der Waals surface area contributed by atoms with Crippen LogP contribution >= 0.6 is 0 Å². The second-order valence-corrected chi connectivity index (χ2v) is 3.95. The van der Waals surface area contributed by atoms with Crippen molar-refractivity contribution in [3.8, 4) is 0 Å². The van der Waals surface area contributed by atoms with Crippen molar-refractivity contribution in [3.05, 3.63) is 45.9 Å². The molecule has 0 atom stereocenters. The number of hydrogen-bond donors (Lipinski definition) is 0. The maximum absolute atomic E-state index is 12.0. The molecule has 0 fully saturated rings. The van der Waals surface area contributed by atoms with Gasteiger partial charge < -0.3 is 4.57 Å². The van der Waals surface area contributed by atoms with Gasteiger partial charge in [-0.15, -0.1) is 0 Å². The zero-order chi connectivity index (χ0) is 15.0. The van der Waals surface area contributed by atoms with Gasteiger partial charge in [0.2, 0.25) is 0 Å². The average Bonchev–Trinajstić information content (AvgIpc) is 2.44. The van der Waals surface area contributed by atoms with Crippen LogP contribution in [0.4, 0.5) is 0 Å². The van der Waals surface area contributed by atoms with Gasteiger partial charge in [-0.2, -0.15) is 0 Å². The molecule has 0 aliphatic carbocycles. The molecule has 0 amide bonds. The topological polar surface area (TPSA) is 22.0 Å². The second-order valence-electron chi connectivity index (χ2n) is 3.95. The quantitative estimate of drug-likeness (QED) is 0.730. The Morgan fingerprint density at radius 2 is 1.58 bits per heavy atom. The third-order valence-electron chi connectivity index (χ3n) is 2.78. The van der Waals surface area contributed by atoms with Gasteiger partial charge in [0.15, 0.2) is 0 Å². The van der Waals surface area contributed by atoms with Gasteiger partial charge in [-0.3, -0.25) is 4.79 Å². The molecule has 1 aromatic heterocycles. The molecular formula is C17H27NO. The highest BCUT2D eigenvalue weighted by Crippen LogP contribution is 2.16. The Labute approximate surface area is 117 Å². The van der Waals surface area contributed by atoms with Crippen molar-refractivity contribution in [1.29, 1.82) is 0 Å². The van der Waals surface area contributed by atoms with Crippen LogP contribution < -0.4 is 5.56 Å². The Morgan fingerprint density at radius 3 is 2.11 bits per heavy atom. The van der Waals surface area contributed by atoms with Crippen molar-refractivity contribution in [2.45, 2.75) is 55.0 Å². The summed E-state index contributed by atoms with van der Waals surface area (Å²) >= 11 is 0. The van der Waals surface area contributed by atoms with Crippen LogP contribution in [0, 0.1) is 13.8 Å². The van der Waals surface area contributed by atoms with Gasteiger partial charge in [0.05, 0.1) is 0 Å². The SMILES string of the molecule is CC.CC.CCn1ccc2c(C)cc(C)cc2c1=O. The Kier molecular flexibility index (Phi) is 7.81. The first kappa shape index (κ1) is 17.4. The summed E-state index contributed by atoms with van der Waals surface area (Å²) in [5.74, 6) is 0. The predicted molar refractivity (Wildman–Crippen MR) is 86.1 cm³/mol. The van der Waals surface area contributed by atoms with Crippen molar-refractivity contribution in [1.82, 2.24) is 4.57 Å². The number of fused-ring (bicyclic) bond motifs is 1. The minimum atomic E-state index is 0.113. The molecule has 2 nitrogen and oxygen atoms in total. The van der Waals surface area contributed by atoms with E-state index in [0.29, 0.717) is 0 Å². The molecule has 0 aliphatic rings. The number of benzene rings is 1. The summed E-state index contributed by atoms with van der Waals surface area (Å²) < 4.78 is 1.74. The van der Waals surface area contributed by atoms with E-state index >= 15 is 0 Å². The third kappa shape index (κ3) is 3.95. The predicted octanol–water partition coefficient (Wildman–Crippen LogP) is 4.69. The molecular weight excluding hydrogens is 234 g/mol. The van der Waals surface area contributed by atoms with Crippen LogP contribution in [0.25, 0.3) is 10.8 Å². The summed E-state index contributed by atoms with van der Waals surface area (Å²) in [6, 6.07) is 6.10. The largest absolute Gasteiger partial charge is 0.315 e. The molecule has 106 valence electrons. The maximum Gasteiger partial charge on any atom is 0.258 e. The van der Waals surface area contributed by atoms with E-state index in [0.717, 1.165) is 22.9 Å². The second kappa shape index (κ2) is 8.52. The van der Waals surface area contributed by atoms with E-state index in [1.54, 1.807) is 4.57 Å². The third-order valence-corrected chi connectivity index (χ3v) is 2.78. The van der Waals surface area contributed by atoms with E-state index in [1.807, 2.05) is 66.8 Å². The van der Waals surface area contributed by atoms with Gasteiger partial charge in [-0.1, -0.05) is 39.3 Å². The molecule has 0 bridgehead atoms. The smallest absolute Gasteiger partial charge is 0.258 e. The number of aryl methyl sites for hydroxylation is 3. The highest BCUT2D eigenvalue weighted by molar-refractivity contribution is 5.85. The number of nitrogens with zero attached hydrogens (tertiary/aromatic N) is 1. The molecule has 2 rings (SSSR count). The molecule has 1 heterocycles. The molecule has 1 aromatic carbocycles. The summed E-state index contributed by atoms with van der Waals surface area (Å²) in [7, 11) is 0. The molecule has 0 unspecified atom stereocenters. The van der Waals surface area contributed by atoms with E-state index in [4.69, 9.17) is 0 Å². The lowest BCUT2D eigenvalue weighted by Crippen LogP contribution is -2.18. The molecule has 0 aliphatic heterocycles. The van der Waals surface area contributed by atoms with Gasteiger partial charge >= 0.3 is 0 Å². The zero-order valence-corrected chi connectivity index (χ0v) is 13.4. The molecule has 0 spiro atoms. The van der Waals surface area contributed by atoms with E-state index in [2.05, 4.69) is 6.07 Å². The standard InChI is InChI=1S/C13H15NO.2C2H6/c1-4-14-6-5-11-10(3)7-9(2)8-12(11)13(14)15;2*1-2/h5-8H,4H2,1-3H3;2*1-2H3. The number of aromatic nitrogens is 1. The first-order chi connectivity index (χ1) is 9.13. The minimum Gasteiger partial charge on any atom is -0.315 e. The lowest BCUT2D eigenvalue weighted by Gasteiger charge is -2.07. The van der Waals surface area contributed by atoms with Crippen LogP contribution in [0.15, 0.2) is 29.2 Å². The lowest BCUT2D eigenvalue weighted by atomic mass is 10.0. The normalized spacial score (nSPS) is 9.21. The van der Waals surface area contributed by atoms with Gasteiger partial charge in [-0.05, 0) is 43.9 Å². The fourth-order valence-electron chi connectivity index (χ4n) is 2.01. The zero-order valence-electron chi connectivity index (χ0n) is 13.4. The molecule has 19 heavy (non-hydrogen) atoms. The van der Waals surface area contributed by atoms with E-state index in [9.17, 15) is 4.79 Å². The van der Waals surface area contributed by atoms with Crippen molar-refractivity contribution in [3.63, 3.8) is 0 Å². The first-order valence-corrected chi connectivity index (χ1v) is 7.24. The van der Waals surface area contributed by atoms with E-state index in [1.165, 1.54) is 5.56 Å². The summed E-state index contributed by atoms with van der Waals surface area (Å²) in [4.78, 5) is 12.0. The Morgan fingerprint density at radius 1 is 1.00 bits per heavy atom. The van der Waals surface area contributed by atoms with Crippen molar-refractivity contribution < 1.29 is 0 Å². The van der Waals surface area contributed by atoms with Crippen LogP contribution in [0.1, 0.15) is 45.7 Å². The van der Waals surface area contributed by atoms with Gasteiger partial charge in [0.25, 0.3) is 5.56 Å². The highest BCUT2D eigenvalue weighted by Gasteiger charge is 2.04. The molecule has 0 saturated heterocycles. The monoisotopic (exact) mass is 261 g/mol. The van der Waals surface area contributed by atoms with Crippen LogP contribution in [-0.4, -0.2) is 4.57 Å². The lowest BCUT2D eigenvalue weighted by molar-refractivity contribution is 0.734. The van der Waals surface area contributed by atoms with Crippen molar-refractivity contribution in [2.75, 3.05) is 0 Å². The summed E-state index contributed by atoms with van der Waals surface area (Å²) in [5.41, 5.74) is 2.43. The summed E-state index contributed by atoms with van der Waals surface area (Å²) in [6.07, 6.45) is 1.87. The number of hydrogen-bond acceptors (Lipinski definition) is 1. The van der Waals surface area contributed by atoms with Gasteiger partial charge in [0, 0.05) is 18.1 Å². The van der Waals surface area contributed by atoms with Crippen LogP contribution in [0.5, 0.6) is 0 Å². The van der Waals surface area contributed by atoms with Crippen molar-refractivity contribution >= 4 is 10.8 Å². The average molecular weight is 261 g/mol. The molecule has 2 aromatic rings. The fourth-order valence-corrected chi connectivity index (χ4v) is 2.01. The fraction of sp³-hybridized carbons (Fsp3) is 0.471. The molecule has 0 saturated carbocycles. The molecule has 0 radical (unpaired) electrons. The van der Waals surface area contributed by atoms with Crippen molar-refractivity contribution in [2.24, 2.45) is 0 Å². The first-order valence-electron chi connectivity index (χ1n) is 7.24. The Bertz CT molecular complexity index is 567. The summed E-state index contributed by atoms with van der Waals surface area (Å²) in [5, 5.41) is 1.90. The van der Waals surface area contributed by atoms with Crippen LogP contribution in [0.3, 0.4) is 0 Å². The maximum atomic E-state index is 12.0.